The van der Waals surface area contributed by atoms with E-state index < -0.39 is 0 Å². The summed E-state index contributed by atoms with van der Waals surface area (Å²) >= 11 is 1.80. The molecule has 0 spiro atoms. The van der Waals surface area contributed by atoms with E-state index in [9.17, 15) is 0 Å². The molecule has 2 aromatic rings. The summed E-state index contributed by atoms with van der Waals surface area (Å²) in [4.78, 5) is 1.37. The molecule has 0 unspecified atom stereocenters. The summed E-state index contributed by atoms with van der Waals surface area (Å²) in [5, 5.41) is 10.3. The number of hydrogen-bond donors (Lipinski definition) is 1. The van der Waals surface area contributed by atoms with Gasteiger partial charge in [-0.05, 0) is 36.4 Å². The van der Waals surface area contributed by atoms with Gasteiger partial charge in [0.25, 0.3) is 0 Å². The first-order valence-electron chi connectivity index (χ1n) is 4.32. The first kappa shape index (κ1) is 8.73. The van der Waals surface area contributed by atoms with Crippen LogP contribution in [0.5, 0.6) is 0 Å². The zero-order valence-electron chi connectivity index (χ0n) is 7.79. The lowest BCUT2D eigenvalue weighted by molar-refractivity contribution is 0.282. The maximum absolute atomic E-state index is 8.98. The van der Waals surface area contributed by atoms with Crippen LogP contribution in [0.1, 0.15) is 16.0 Å². The molecule has 0 saturated heterocycles. The number of aryl methyl sites for hydroxylation is 2. The normalized spacial score (nSPS) is 11.0. The van der Waals surface area contributed by atoms with Crippen molar-refractivity contribution < 1.29 is 5.11 Å². The highest BCUT2D eigenvalue weighted by atomic mass is 32.1. The van der Waals surface area contributed by atoms with Crippen LogP contribution in [-0.4, -0.2) is 5.11 Å². The molecule has 0 saturated carbocycles. The Morgan fingerprint density at radius 2 is 2.08 bits per heavy atom. The Balaban J connectivity index is 2.73. The molecule has 1 N–H and O–H groups in total. The fourth-order valence-corrected chi connectivity index (χ4v) is 2.62. The summed E-state index contributed by atoms with van der Waals surface area (Å²) in [5.41, 5.74) is 2.36. The number of thiophene rings is 1. The van der Waals surface area contributed by atoms with Crippen molar-refractivity contribution in [1.29, 1.82) is 0 Å². The van der Waals surface area contributed by atoms with Crippen LogP contribution < -0.4 is 0 Å². The van der Waals surface area contributed by atoms with Crippen molar-refractivity contribution in [3.05, 3.63) is 34.2 Å². The molecular formula is C11H12OS. The molecule has 1 heterocycles. The van der Waals surface area contributed by atoms with Gasteiger partial charge in [-0.2, -0.15) is 0 Å². The van der Waals surface area contributed by atoms with Crippen LogP contribution in [-0.2, 0) is 6.61 Å². The van der Waals surface area contributed by atoms with E-state index in [2.05, 4.69) is 26.0 Å². The quantitative estimate of drug-likeness (QED) is 0.736. The molecule has 0 aliphatic heterocycles. The Bertz CT molecular complexity index is 443. The van der Waals surface area contributed by atoms with Gasteiger partial charge in [-0.25, -0.2) is 0 Å². The van der Waals surface area contributed by atoms with Crippen LogP contribution in [0.15, 0.2) is 18.2 Å². The van der Waals surface area contributed by atoms with Crippen LogP contribution in [0, 0.1) is 13.8 Å². The smallest absolute Gasteiger partial charge is 0.0682 e. The number of aliphatic hydroxyl groups excluding tert-OH is 1. The average Bonchev–Trinajstić information content (AvgIpc) is 2.42. The maximum atomic E-state index is 8.98. The van der Waals surface area contributed by atoms with Crippen LogP contribution in [0.4, 0.5) is 0 Å². The van der Waals surface area contributed by atoms with Crippen molar-refractivity contribution in [1.82, 2.24) is 0 Å². The molecular weight excluding hydrogens is 180 g/mol. The van der Waals surface area contributed by atoms with Gasteiger partial charge in [-0.1, -0.05) is 12.1 Å². The third-order valence-electron chi connectivity index (χ3n) is 2.42. The largest absolute Gasteiger partial charge is 0.392 e. The second kappa shape index (κ2) is 3.13. The fraction of sp³-hybridized carbons (Fsp3) is 0.273. The van der Waals surface area contributed by atoms with E-state index in [4.69, 9.17) is 5.11 Å². The molecule has 0 bridgehead atoms. The van der Waals surface area contributed by atoms with E-state index >= 15 is 0 Å². The summed E-state index contributed by atoms with van der Waals surface area (Å²) in [6.07, 6.45) is 0. The Hall–Kier alpha value is -0.860. The minimum absolute atomic E-state index is 0.131. The van der Waals surface area contributed by atoms with Crippen LogP contribution >= 0.6 is 11.3 Å². The van der Waals surface area contributed by atoms with E-state index in [0.29, 0.717) is 0 Å². The van der Waals surface area contributed by atoms with Gasteiger partial charge in [-0.3, -0.25) is 0 Å². The predicted octanol–water partition coefficient (Wildman–Crippen LogP) is 3.01. The van der Waals surface area contributed by atoms with Crippen LogP contribution in [0.25, 0.3) is 10.1 Å². The van der Waals surface area contributed by atoms with Crippen LogP contribution in [0.2, 0.25) is 0 Å². The number of rotatable bonds is 1. The lowest BCUT2D eigenvalue weighted by Gasteiger charge is -1.95. The lowest BCUT2D eigenvalue weighted by atomic mass is 10.1. The third-order valence-corrected chi connectivity index (χ3v) is 3.59. The van der Waals surface area contributed by atoms with E-state index in [1.165, 1.54) is 20.5 Å². The third kappa shape index (κ3) is 1.36. The molecule has 2 rings (SSSR count). The second-order valence-electron chi connectivity index (χ2n) is 3.27. The molecule has 1 aromatic carbocycles. The Kier molecular flexibility index (Phi) is 2.10. The topological polar surface area (TPSA) is 20.2 Å². The van der Waals surface area contributed by atoms with Crippen molar-refractivity contribution in [3.8, 4) is 0 Å². The van der Waals surface area contributed by atoms with Crippen molar-refractivity contribution in [2.75, 3.05) is 0 Å². The molecule has 0 fully saturated rings. The van der Waals surface area contributed by atoms with Gasteiger partial charge >= 0.3 is 0 Å². The summed E-state index contributed by atoms with van der Waals surface area (Å²) in [7, 11) is 0. The fourth-order valence-electron chi connectivity index (χ4n) is 1.49. The summed E-state index contributed by atoms with van der Waals surface area (Å²) in [5.74, 6) is 0. The molecule has 1 aromatic heterocycles. The maximum Gasteiger partial charge on any atom is 0.0682 e. The minimum atomic E-state index is 0.131. The van der Waals surface area contributed by atoms with E-state index in [1.807, 2.05) is 6.07 Å². The molecule has 13 heavy (non-hydrogen) atoms. The average molecular weight is 192 g/mol. The standard InChI is InChI=1S/C11H12OS/c1-7-8(2)13-11-5-9(6-12)3-4-10(7)11/h3-5,12H,6H2,1-2H3. The lowest BCUT2D eigenvalue weighted by Crippen LogP contribution is -1.80. The molecule has 0 aliphatic carbocycles. The molecule has 2 heteroatoms. The molecule has 68 valence electrons. The number of benzene rings is 1. The molecule has 0 aliphatic rings. The van der Waals surface area contributed by atoms with E-state index in [-0.39, 0.29) is 6.61 Å². The van der Waals surface area contributed by atoms with Gasteiger partial charge in [0, 0.05) is 9.58 Å². The van der Waals surface area contributed by atoms with Crippen molar-refractivity contribution in [2.24, 2.45) is 0 Å². The first-order chi connectivity index (χ1) is 6.22. The monoisotopic (exact) mass is 192 g/mol. The Morgan fingerprint density at radius 3 is 2.77 bits per heavy atom. The number of aliphatic hydroxyl groups is 1. The number of fused-ring (bicyclic) bond motifs is 1. The Morgan fingerprint density at radius 1 is 1.31 bits per heavy atom. The molecule has 0 radical (unpaired) electrons. The van der Waals surface area contributed by atoms with Gasteiger partial charge < -0.3 is 5.11 Å². The van der Waals surface area contributed by atoms with Gasteiger partial charge in [0.15, 0.2) is 0 Å². The summed E-state index contributed by atoms with van der Waals surface area (Å²) in [6, 6.07) is 6.15. The molecule has 0 atom stereocenters. The highest BCUT2D eigenvalue weighted by Gasteiger charge is 2.04. The van der Waals surface area contributed by atoms with Crippen molar-refractivity contribution in [2.45, 2.75) is 20.5 Å². The Labute approximate surface area is 81.6 Å². The SMILES string of the molecule is Cc1sc2cc(CO)ccc2c1C. The molecule has 0 amide bonds. The van der Waals surface area contributed by atoms with Gasteiger partial charge in [0.1, 0.15) is 0 Å². The highest BCUT2D eigenvalue weighted by Crippen LogP contribution is 2.30. The van der Waals surface area contributed by atoms with Crippen molar-refractivity contribution >= 4 is 21.4 Å². The second-order valence-corrected chi connectivity index (χ2v) is 4.53. The van der Waals surface area contributed by atoms with Gasteiger partial charge in [0.2, 0.25) is 0 Å². The van der Waals surface area contributed by atoms with Gasteiger partial charge in [-0.15, -0.1) is 11.3 Å². The highest BCUT2D eigenvalue weighted by molar-refractivity contribution is 7.19. The first-order valence-corrected chi connectivity index (χ1v) is 5.13. The number of hydrogen-bond acceptors (Lipinski definition) is 2. The zero-order valence-corrected chi connectivity index (χ0v) is 8.61. The van der Waals surface area contributed by atoms with E-state index in [1.54, 1.807) is 11.3 Å². The predicted molar refractivity (Wildman–Crippen MR) is 57.2 cm³/mol. The van der Waals surface area contributed by atoms with E-state index in [0.717, 1.165) is 5.56 Å². The van der Waals surface area contributed by atoms with Crippen molar-refractivity contribution in [3.63, 3.8) is 0 Å². The zero-order chi connectivity index (χ0) is 9.42. The van der Waals surface area contributed by atoms with Gasteiger partial charge in [0.05, 0.1) is 6.61 Å². The minimum Gasteiger partial charge on any atom is -0.392 e. The summed E-state index contributed by atoms with van der Waals surface area (Å²) < 4.78 is 1.28. The molecule has 1 nitrogen and oxygen atoms in total. The van der Waals surface area contributed by atoms with Crippen LogP contribution in [0.3, 0.4) is 0 Å². The summed E-state index contributed by atoms with van der Waals surface area (Å²) in [6.45, 7) is 4.41.